The van der Waals surface area contributed by atoms with Crippen LogP contribution in [0.1, 0.15) is 71.3 Å². The molecule has 0 aromatic carbocycles. The van der Waals surface area contributed by atoms with E-state index in [2.05, 4.69) is 29.6 Å². The predicted octanol–water partition coefficient (Wildman–Crippen LogP) is 2.50. The standard InChI is InChI=1S/C28H35N5O8S/c1-20-30-32(18-9-19-42(37,38)39)25(40-20)12-7-11-22-28(2,3)21-10-8-17-31(27(21)29-22)16-6-4-5-13-26(36)41-33-23(34)14-15-24(33)35/h7-8,10-12,17H,4-6,9,13-16,18-19H2,1-3H3. The molecule has 1 fully saturated rings. The van der Waals surface area contributed by atoms with Gasteiger partial charge in [0.1, 0.15) is 0 Å². The van der Waals surface area contributed by atoms with Crippen molar-refractivity contribution in [1.82, 2.24) is 10.1 Å². The lowest BCUT2D eigenvalue weighted by Gasteiger charge is -2.16. The summed E-state index contributed by atoms with van der Waals surface area (Å²) in [5.74, 6) is -0.327. The van der Waals surface area contributed by atoms with Crippen molar-refractivity contribution in [1.29, 1.82) is 0 Å². The number of ether oxygens (including phenoxy) is 1. The van der Waals surface area contributed by atoms with Gasteiger partial charge in [0.2, 0.25) is 11.8 Å². The summed E-state index contributed by atoms with van der Waals surface area (Å²) in [6, 6.07) is 4.04. The molecular weight excluding hydrogens is 566 g/mol. The molecule has 0 atom stereocenters. The molecule has 2 amide bonds. The third-order valence-corrected chi connectivity index (χ3v) is 7.87. The van der Waals surface area contributed by atoms with Gasteiger partial charge in [-0.3, -0.25) is 9.59 Å². The van der Waals surface area contributed by atoms with Crippen molar-refractivity contribution in [2.45, 2.75) is 77.7 Å². The zero-order chi connectivity index (χ0) is 30.5. The average molecular weight is 602 g/mol. The molecule has 226 valence electrons. The van der Waals surface area contributed by atoms with Crippen molar-refractivity contribution in [3.63, 3.8) is 0 Å². The Kier molecular flexibility index (Phi) is 9.57. The van der Waals surface area contributed by atoms with Gasteiger partial charge in [0.15, 0.2) is 5.71 Å². The van der Waals surface area contributed by atoms with E-state index in [1.165, 1.54) is 5.01 Å². The summed E-state index contributed by atoms with van der Waals surface area (Å²) < 4.78 is 40.4. The Balaban J connectivity index is 1.32. The molecular formula is C28H35N5O8S. The third-order valence-electron chi connectivity index (χ3n) is 7.09. The SMILES string of the molecule is CC1=NN(CCCS(=O)(=O)[O-])/C(=C/C=C/C2=Nc3c(ccc[n+]3CCCCCC(=O)ON3C(=O)CCC3=O)C2(C)C)O1. The summed E-state index contributed by atoms with van der Waals surface area (Å²) in [4.78, 5) is 45.0. The summed E-state index contributed by atoms with van der Waals surface area (Å²) >= 11 is 0. The second kappa shape index (κ2) is 12.9. The van der Waals surface area contributed by atoms with Crippen LogP contribution in [-0.4, -0.2) is 64.7 Å². The van der Waals surface area contributed by atoms with Crippen molar-refractivity contribution in [3.8, 4) is 0 Å². The maximum Gasteiger partial charge on any atom is 0.333 e. The number of fused-ring (bicyclic) bond motifs is 1. The van der Waals surface area contributed by atoms with Crippen LogP contribution in [0.2, 0.25) is 0 Å². The molecule has 0 saturated carbocycles. The van der Waals surface area contributed by atoms with Crippen LogP contribution < -0.4 is 4.57 Å². The molecule has 14 heteroatoms. The predicted molar refractivity (Wildman–Crippen MR) is 150 cm³/mol. The summed E-state index contributed by atoms with van der Waals surface area (Å²) in [6.07, 6.45) is 9.90. The Morgan fingerprint density at radius 3 is 2.64 bits per heavy atom. The highest BCUT2D eigenvalue weighted by molar-refractivity contribution is 7.85. The lowest BCUT2D eigenvalue weighted by Crippen LogP contribution is -2.35. The fourth-order valence-electron chi connectivity index (χ4n) is 4.84. The summed E-state index contributed by atoms with van der Waals surface area (Å²) in [7, 11) is -4.30. The van der Waals surface area contributed by atoms with Crippen molar-refractivity contribution < 1.29 is 41.5 Å². The number of nitrogens with zero attached hydrogens (tertiary/aromatic N) is 5. The number of amides is 2. The molecule has 42 heavy (non-hydrogen) atoms. The molecule has 0 spiro atoms. The molecule has 1 aromatic heterocycles. The van der Waals surface area contributed by atoms with Crippen molar-refractivity contribution in [3.05, 3.63) is 48.0 Å². The summed E-state index contributed by atoms with van der Waals surface area (Å²) in [6.45, 7) is 6.80. The normalized spacial score (nSPS) is 19.0. The Morgan fingerprint density at radius 1 is 1.19 bits per heavy atom. The van der Waals surface area contributed by atoms with Crippen LogP contribution in [0.3, 0.4) is 0 Å². The molecule has 0 aliphatic carbocycles. The number of hydrogen-bond acceptors (Lipinski definition) is 11. The topological polar surface area (TPSA) is 162 Å². The van der Waals surface area contributed by atoms with Gasteiger partial charge in [0.25, 0.3) is 11.8 Å². The number of unbranched alkanes of at least 4 members (excludes halogenated alkanes) is 2. The van der Waals surface area contributed by atoms with Gasteiger partial charge in [0.05, 0.1) is 33.8 Å². The minimum atomic E-state index is -4.30. The number of hydroxylamine groups is 2. The maximum absolute atomic E-state index is 12.0. The number of carbonyl (C=O) groups excluding carboxylic acids is 3. The van der Waals surface area contributed by atoms with Crippen molar-refractivity contribution in [2.75, 3.05) is 12.3 Å². The highest BCUT2D eigenvalue weighted by Crippen LogP contribution is 2.38. The second-order valence-corrected chi connectivity index (χ2v) is 12.3. The maximum atomic E-state index is 12.0. The first-order chi connectivity index (χ1) is 19.8. The number of pyridine rings is 1. The minimum Gasteiger partial charge on any atom is -0.748 e. The fourth-order valence-corrected chi connectivity index (χ4v) is 5.33. The number of imide groups is 1. The lowest BCUT2D eigenvalue weighted by atomic mass is 9.82. The molecule has 3 aliphatic rings. The number of allylic oxidation sites excluding steroid dienone is 3. The monoisotopic (exact) mass is 601 g/mol. The van der Waals surface area contributed by atoms with E-state index in [0.717, 1.165) is 29.9 Å². The van der Waals surface area contributed by atoms with E-state index in [1.807, 2.05) is 18.3 Å². The Hall–Kier alpha value is -3.91. The highest BCUT2D eigenvalue weighted by Gasteiger charge is 2.42. The fraction of sp³-hybridized carbons (Fsp3) is 0.500. The Bertz CT molecular complexity index is 1460. The van der Waals surface area contributed by atoms with Gasteiger partial charge in [0, 0.05) is 44.6 Å². The van der Waals surface area contributed by atoms with Gasteiger partial charge in [-0.15, -0.1) is 10.2 Å². The zero-order valence-corrected chi connectivity index (χ0v) is 24.8. The Labute approximate surface area is 244 Å². The molecule has 4 heterocycles. The van der Waals surface area contributed by atoms with E-state index < -0.39 is 33.7 Å². The number of aryl methyl sites for hydroxylation is 1. The van der Waals surface area contributed by atoms with Crippen LogP contribution in [0.5, 0.6) is 0 Å². The highest BCUT2D eigenvalue weighted by atomic mass is 32.2. The lowest BCUT2D eigenvalue weighted by molar-refractivity contribution is -0.684. The zero-order valence-electron chi connectivity index (χ0n) is 23.9. The van der Waals surface area contributed by atoms with Crippen LogP contribution in [-0.2, 0) is 46.0 Å². The molecule has 0 radical (unpaired) electrons. The van der Waals surface area contributed by atoms with Gasteiger partial charge in [-0.2, -0.15) is 0 Å². The van der Waals surface area contributed by atoms with Crippen LogP contribution >= 0.6 is 0 Å². The number of carbonyl (C=O) groups is 3. The molecule has 13 nitrogen and oxygen atoms in total. The van der Waals surface area contributed by atoms with Gasteiger partial charge < -0.3 is 14.1 Å². The minimum absolute atomic E-state index is 0.0706. The quantitative estimate of drug-likeness (QED) is 0.143. The van der Waals surface area contributed by atoms with E-state index in [4.69, 9.17) is 14.6 Å². The van der Waals surface area contributed by atoms with E-state index in [0.29, 0.717) is 29.8 Å². The largest absolute Gasteiger partial charge is 0.748 e. The third kappa shape index (κ3) is 7.68. The molecule has 1 saturated heterocycles. The molecule has 3 aliphatic heterocycles. The van der Waals surface area contributed by atoms with E-state index in [9.17, 15) is 27.4 Å². The number of aliphatic imine (C=N–C) groups is 1. The van der Waals surface area contributed by atoms with Crippen LogP contribution in [0, 0.1) is 0 Å². The smallest absolute Gasteiger partial charge is 0.333 e. The number of rotatable bonds is 13. The first-order valence-electron chi connectivity index (χ1n) is 13.9. The summed E-state index contributed by atoms with van der Waals surface area (Å²) in [5.41, 5.74) is 1.58. The van der Waals surface area contributed by atoms with E-state index >= 15 is 0 Å². The molecule has 1 aromatic rings. The van der Waals surface area contributed by atoms with E-state index in [1.54, 1.807) is 19.1 Å². The van der Waals surface area contributed by atoms with Crippen LogP contribution in [0.4, 0.5) is 5.82 Å². The average Bonchev–Trinajstić information content (AvgIpc) is 3.51. The molecule has 0 N–H and O–H groups in total. The molecule has 0 bridgehead atoms. The molecule has 0 unspecified atom stereocenters. The first-order valence-corrected chi connectivity index (χ1v) is 15.4. The van der Waals surface area contributed by atoms with Gasteiger partial charge in [-0.05, 0) is 62.7 Å². The number of aromatic nitrogens is 1. The van der Waals surface area contributed by atoms with Gasteiger partial charge >= 0.3 is 11.8 Å². The van der Waals surface area contributed by atoms with Crippen LogP contribution in [0.25, 0.3) is 0 Å². The van der Waals surface area contributed by atoms with Crippen molar-refractivity contribution >= 4 is 45.3 Å². The number of hydrazone groups is 1. The molecule has 4 rings (SSSR count). The van der Waals surface area contributed by atoms with Gasteiger partial charge in [-0.25, -0.2) is 22.8 Å². The van der Waals surface area contributed by atoms with Gasteiger partial charge in [-0.1, -0.05) is 6.08 Å². The second-order valence-electron chi connectivity index (χ2n) is 10.7. The van der Waals surface area contributed by atoms with E-state index in [-0.39, 0.29) is 37.6 Å². The first kappa shape index (κ1) is 31.0. The Morgan fingerprint density at radius 2 is 1.93 bits per heavy atom. The van der Waals surface area contributed by atoms with Crippen LogP contribution in [0.15, 0.2) is 52.5 Å². The van der Waals surface area contributed by atoms with Crippen molar-refractivity contribution in [2.24, 2.45) is 10.1 Å². The number of hydrogen-bond donors (Lipinski definition) is 0. The summed E-state index contributed by atoms with van der Waals surface area (Å²) in [5, 5.41) is 6.34.